The van der Waals surface area contributed by atoms with E-state index in [-0.39, 0.29) is 5.41 Å². The summed E-state index contributed by atoms with van der Waals surface area (Å²) < 4.78 is 0. The molecule has 14 heavy (non-hydrogen) atoms. The van der Waals surface area contributed by atoms with Crippen molar-refractivity contribution in [3.63, 3.8) is 0 Å². The van der Waals surface area contributed by atoms with Crippen LogP contribution >= 0.6 is 0 Å². The second-order valence-electron chi connectivity index (χ2n) is 4.52. The number of para-hydroxylation sites is 1. The first-order chi connectivity index (χ1) is 6.68. The molecule has 1 saturated carbocycles. The van der Waals surface area contributed by atoms with Gasteiger partial charge in [0.05, 0.1) is 0 Å². The summed E-state index contributed by atoms with van der Waals surface area (Å²) in [4.78, 5) is 0. The van der Waals surface area contributed by atoms with Crippen LogP contribution in [0, 0.1) is 5.92 Å². The van der Waals surface area contributed by atoms with Gasteiger partial charge in [-0.1, -0.05) is 25.1 Å². The van der Waals surface area contributed by atoms with E-state index in [1.807, 2.05) is 18.2 Å². The van der Waals surface area contributed by atoms with Gasteiger partial charge in [-0.2, -0.15) is 0 Å². The van der Waals surface area contributed by atoms with Gasteiger partial charge in [-0.25, -0.2) is 0 Å². The highest BCUT2D eigenvalue weighted by molar-refractivity contribution is 5.40. The van der Waals surface area contributed by atoms with Gasteiger partial charge < -0.3 is 10.8 Å². The van der Waals surface area contributed by atoms with Crippen LogP contribution in [-0.2, 0) is 5.41 Å². The van der Waals surface area contributed by atoms with Crippen molar-refractivity contribution >= 4 is 0 Å². The highest BCUT2D eigenvalue weighted by Gasteiger charge is 2.43. The van der Waals surface area contributed by atoms with E-state index in [2.05, 4.69) is 6.92 Å². The topological polar surface area (TPSA) is 46.2 Å². The molecule has 1 aliphatic carbocycles. The highest BCUT2D eigenvalue weighted by atomic mass is 16.3. The highest BCUT2D eigenvalue weighted by Crippen LogP contribution is 2.49. The van der Waals surface area contributed by atoms with Crippen molar-refractivity contribution in [2.75, 3.05) is 6.54 Å². The van der Waals surface area contributed by atoms with Gasteiger partial charge >= 0.3 is 0 Å². The Morgan fingerprint density at radius 2 is 2.07 bits per heavy atom. The van der Waals surface area contributed by atoms with E-state index in [0.29, 0.717) is 12.3 Å². The minimum atomic E-state index is 0.0464. The Morgan fingerprint density at radius 3 is 2.57 bits per heavy atom. The number of rotatable bonds is 2. The average molecular weight is 191 g/mol. The van der Waals surface area contributed by atoms with Crippen LogP contribution in [0.5, 0.6) is 5.75 Å². The van der Waals surface area contributed by atoms with Crippen LogP contribution in [0.25, 0.3) is 0 Å². The van der Waals surface area contributed by atoms with Crippen LogP contribution in [0.2, 0.25) is 0 Å². The van der Waals surface area contributed by atoms with Gasteiger partial charge in [0.2, 0.25) is 0 Å². The fourth-order valence-corrected chi connectivity index (χ4v) is 2.69. The first-order valence-corrected chi connectivity index (χ1v) is 5.16. The van der Waals surface area contributed by atoms with E-state index in [0.717, 1.165) is 24.3 Å². The molecular formula is C12H17NO. The van der Waals surface area contributed by atoms with Crippen molar-refractivity contribution in [2.45, 2.75) is 25.2 Å². The summed E-state index contributed by atoms with van der Waals surface area (Å²) in [6.45, 7) is 2.86. The standard InChI is InChI=1S/C12H17NO/c1-9-6-12(7-9,8-13)10-4-2-3-5-11(10)14/h2-5,9,14H,6-8,13H2,1H3. The molecule has 0 aliphatic heterocycles. The lowest BCUT2D eigenvalue weighted by Gasteiger charge is -2.46. The Bertz CT molecular complexity index is 329. The molecule has 2 heteroatoms. The third-order valence-corrected chi connectivity index (χ3v) is 3.34. The Balaban J connectivity index is 2.34. The predicted octanol–water partition coefficient (Wildman–Crippen LogP) is 2.02. The molecular weight excluding hydrogens is 174 g/mol. The van der Waals surface area contributed by atoms with Crippen molar-refractivity contribution < 1.29 is 5.11 Å². The Labute approximate surface area is 84.7 Å². The summed E-state index contributed by atoms with van der Waals surface area (Å²) in [6.07, 6.45) is 2.20. The molecule has 1 aromatic carbocycles. The molecule has 0 heterocycles. The second-order valence-corrected chi connectivity index (χ2v) is 4.52. The number of hydrogen-bond donors (Lipinski definition) is 2. The van der Waals surface area contributed by atoms with Crippen molar-refractivity contribution in [3.8, 4) is 5.75 Å². The first kappa shape index (κ1) is 9.53. The van der Waals surface area contributed by atoms with E-state index in [1.165, 1.54) is 0 Å². The molecule has 0 amide bonds. The van der Waals surface area contributed by atoms with Crippen molar-refractivity contribution in [1.82, 2.24) is 0 Å². The van der Waals surface area contributed by atoms with Gasteiger partial charge in [-0.3, -0.25) is 0 Å². The summed E-state index contributed by atoms with van der Waals surface area (Å²) >= 11 is 0. The van der Waals surface area contributed by atoms with Crippen molar-refractivity contribution in [2.24, 2.45) is 11.7 Å². The molecule has 1 fully saturated rings. The average Bonchev–Trinajstić information content (AvgIpc) is 2.14. The minimum Gasteiger partial charge on any atom is -0.508 e. The van der Waals surface area contributed by atoms with E-state index >= 15 is 0 Å². The van der Waals surface area contributed by atoms with Gasteiger partial charge in [-0.15, -0.1) is 0 Å². The zero-order valence-electron chi connectivity index (χ0n) is 8.53. The van der Waals surface area contributed by atoms with E-state index in [9.17, 15) is 5.11 Å². The van der Waals surface area contributed by atoms with Gasteiger partial charge in [0.25, 0.3) is 0 Å². The maximum absolute atomic E-state index is 9.77. The number of hydrogen-bond acceptors (Lipinski definition) is 2. The lowest BCUT2D eigenvalue weighted by molar-refractivity contribution is 0.161. The second kappa shape index (κ2) is 3.28. The quantitative estimate of drug-likeness (QED) is 0.751. The molecule has 0 unspecified atom stereocenters. The smallest absolute Gasteiger partial charge is 0.119 e. The van der Waals surface area contributed by atoms with Crippen LogP contribution in [0.1, 0.15) is 25.3 Å². The molecule has 0 spiro atoms. The molecule has 2 rings (SSSR count). The monoisotopic (exact) mass is 191 g/mol. The van der Waals surface area contributed by atoms with E-state index in [4.69, 9.17) is 5.73 Å². The maximum Gasteiger partial charge on any atom is 0.119 e. The molecule has 0 saturated heterocycles. The Morgan fingerprint density at radius 1 is 1.43 bits per heavy atom. The summed E-state index contributed by atoms with van der Waals surface area (Å²) in [7, 11) is 0. The number of benzene rings is 1. The summed E-state index contributed by atoms with van der Waals surface area (Å²) in [6, 6.07) is 7.56. The van der Waals surface area contributed by atoms with Crippen molar-refractivity contribution in [3.05, 3.63) is 29.8 Å². The third kappa shape index (κ3) is 1.30. The molecule has 1 aromatic rings. The largest absolute Gasteiger partial charge is 0.508 e. The van der Waals surface area contributed by atoms with E-state index in [1.54, 1.807) is 6.07 Å². The Kier molecular flexibility index (Phi) is 2.23. The van der Waals surface area contributed by atoms with Gasteiger partial charge in [-0.05, 0) is 24.8 Å². The van der Waals surface area contributed by atoms with Crippen molar-refractivity contribution in [1.29, 1.82) is 0 Å². The Hall–Kier alpha value is -1.02. The minimum absolute atomic E-state index is 0.0464. The molecule has 0 aromatic heterocycles. The summed E-state index contributed by atoms with van der Waals surface area (Å²) in [5, 5.41) is 9.77. The third-order valence-electron chi connectivity index (χ3n) is 3.34. The lowest BCUT2D eigenvalue weighted by atomic mass is 9.59. The normalized spacial score (nSPS) is 31.1. The number of nitrogens with two attached hydrogens (primary N) is 1. The maximum atomic E-state index is 9.77. The van der Waals surface area contributed by atoms with Crippen LogP contribution < -0.4 is 5.73 Å². The van der Waals surface area contributed by atoms with Crippen LogP contribution in [0.15, 0.2) is 24.3 Å². The molecule has 0 bridgehead atoms. The van der Waals surface area contributed by atoms with Gasteiger partial charge in [0.1, 0.15) is 5.75 Å². The molecule has 2 nitrogen and oxygen atoms in total. The number of phenolic OH excluding ortho intramolecular Hbond substituents is 1. The molecule has 1 aliphatic rings. The fourth-order valence-electron chi connectivity index (χ4n) is 2.69. The zero-order valence-corrected chi connectivity index (χ0v) is 8.53. The van der Waals surface area contributed by atoms with Gasteiger partial charge in [0, 0.05) is 17.5 Å². The zero-order chi connectivity index (χ0) is 10.2. The van der Waals surface area contributed by atoms with Gasteiger partial charge in [0.15, 0.2) is 0 Å². The molecule has 3 N–H and O–H groups in total. The molecule has 0 radical (unpaired) electrons. The number of phenols is 1. The first-order valence-electron chi connectivity index (χ1n) is 5.16. The van der Waals surface area contributed by atoms with Crippen LogP contribution in [-0.4, -0.2) is 11.7 Å². The lowest BCUT2D eigenvalue weighted by Crippen LogP contribution is -2.46. The number of aromatic hydroxyl groups is 1. The van der Waals surface area contributed by atoms with Crippen LogP contribution in [0.3, 0.4) is 0 Å². The predicted molar refractivity (Wildman–Crippen MR) is 57.2 cm³/mol. The summed E-state index contributed by atoms with van der Waals surface area (Å²) in [5.41, 5.74) is 6.90. The summed E-state index contributed by atoms with van der Waals surface area (Å²) in [5.74, 6) is 1.13. The fraction of sp³-hybridized carbons (Fsp3) is 0.500. The van der Waals surface area contributed by atoms with Crippen LogP contribution in [0.4, 0.5) is 0 Å². The SMILES string of the molecule is CC1CC(CN)(c2ccccc2O)C1. The van der Waals surface area contributed by atoms with E-state index < -0.39 is 0 Å². The molecule has 0 atom stereocenters. The molecule has 76 valence electrons.